The molecule has 1 aromatic rings. The van der Waals surface area contributed by atoms with E-state index in [9.17, 15) is 9.90 Å². The summed E-state index contributed by atoms with van der Waals surface area (Å²) in [6, 6.07) is 1.83. The van der Waals surface area contributed by atoms with Gasteiger partial charge in [0.05, 0.1) is 5.60 Å². The van der Waals surface area contributed by atoms with Gasteiger partial charge in [0.2, 0.25) is 0 Å². The fourth-order valence-corrected chi connectivity index (χ4v) is 5.46. The monoisotopic (exact) mass is 307 g/mol. The third-order valence-corrected chi connectivity index (χ3v) is 7.07. The van der Waals surface area contributed by atoms with E-state index in [0.29, 0.717) is 24.4 Å². The Morgan fingerprint density at radius 1 is 1.48 bits per heavy atom. The Balaban J connectivity index is 1.66. The average Bonchev–Trinajstić information content (AvgIpc) is 3.09. The highest BCUT2D eigenvalue weighted by molar-refractivity contribution is 7.08. The molecule has 2 fully saturated rings. The quantitative estimate of drug-likeness (QED) is 0.895. The van der Waals surface area contributed by atoms with E-state index < -0.39 is 5.60 Å². The maximum atomic E-state index is 12.0. The van der Waals surface area contributed by atoms with Crippen LogP contribution in [0.15, 0.2) is 16.8 Å². The highest BCUT2D eigenvalue weighted by atomic mass is 32.1. The summed E-state index contributed by atoms with van der Waals surface area (Å²) in [5.74, 6) is 0.575. The molecule has 0 aliphatic heterocycles. The number of amides is 1. The van der Waals surface area contributed by atoms with Gasteiger partial charge in [-0.25, -0.2) is 0 Å². The van der Waals surface area contributed by atoms with Crippen LogP contribution >= 0.6 is 11.3 Å². The van der Waals surface area contributed by atoms with Crippen LogP contribution in [0.3, 0.4) is 0 Å². The normalized spacial score (nSPS) is 36.9. The van der Waals surface area contributed by atoms with Crippen LogP contribution in [0.1, 0.15) is 56.8 Å². The van der Waals surface area contributed by atoms with Crippen molar-refractivity contribution in [1.29, 1.82) is 0 Å². The molecule has 2 aliphatic rings. The summed E-state index contributed by atoms with van der Waals surface area (Å²) in [4.78, 5) is 12.0. The van der Waals surface area contributed by atoms with Gasteiger partial charge in [0.15, 0.2) is 0 Å². The molecule has 0 saturated heterocycles. The fraction of sp³-hybridized carbons (Fsp3) is 0.706. The smallest absolute Gasteiger partial charge is 0.252 e. The molecule has 116 valence electrons. The van der Waals surface area contributed by atoms with Crippen LogP contribution in [0.5, 0.6) is 0 Å². The van der Waals surface area contributed by atoms with Crippen molar-refractivity contribution in [3.63, 3.8) is 0 Å². The van der Waals surface area contributed by atoms with Crippen LogP contribution in [0, 0.1) is 16.7 Å². The summed E-state index contributed by atoms with van der Waals surface area (Å²) in [6.07, 6.45) is 4.10. The van der Waals surface area contributed by atoms with Gasteiger partial charge in [0, 0.05) is 17.5 Å². The van der Waals surface area contributed by atoms with Crippen LogP contribution in [-0.2, 0) is 0 Å². The Morgan fingerprint density at radius 3 is 2.81 bits per heavy atom. The number of rotatable bonds is 4. The summed E-state index contributed by atoms with van der Waals surface area (Å²) < 4.78 is 0. The Bertz CT molecular complexity index is 532. The predicted octanol–water partition coefficient (Wildman–Crippen LogP) is 3.45. The molecular formula is C17H25NO2S. The number of carbonyl (C=O) groups excluding carboxylic acids is 1. The third kappa shape index (κ3) is 2.07. The first kappa shape index (κ1) is 15.0. The standard InChI is InChI=1S/C17H25NO2S/c1-15(2)13-4-6-16(3,10-13)17(15,20)7-8-18-14(19)12-5-9-21-11-12/h5,9,11,13,20H,4,6-8,10H2,1-3H3,(H,18,19)/t13-,16+,17-/m0/s1. The second-order valence-electron chi connectivity index (χ2n) is 7.60. The average molecular weight is 307 g/mol. The lowest BCUT2D eigenvalue weighted by atomic mass is 9.59. The summed E-state index contributed by atoms with van der Waals surface area (Å²) in [7, 11) is 0. The Labute approximate surface area is 130 Å². The van der Waals surface area contributed by atoms with Crippen LogP contribution in [0.25, 0.3) is 0 Å². The van der Waals surface area contributed by atoms with Gasteiger partial charge in [-0.3, -0.25) is 4.79 Å². The number of fused-ring (bicyclic) bond motifs is 2. The van der Waals surface area contributed by atoms with E-state index in [-0.39, 0.29) is 16.7 Å². The minimum absolute atomic E-state index is 0.00821. The van der Waals surface area contributed by atoms with E-state index in [1.54, 1.807) is 0 Å². The fourth-order valence-electron chi connectivity index (χ4n) is 4.82. The maximum absolute atomic E-state index is 12.0. The van der Waals surface area contributed by atoms with E-state index in [2.05, 4.69) is 26.1 Å². The third-order valence-electron chi connectivity index (χ3n) is 6.38. The Morgan fingerprint density at radius 2 is 2.24 bits per heavy atom. The van der Waals surface area contributed by atoms with Crippen LogP contribution in [0.4, 0.5) is 0 Å². The molecule has 3 nitrogen and oxygen atoms in total. The molecule has 1 aromatic heterocycles. The van der Waals surface area contributed by atoms with Gasteiger partial charge in [0.1, 0.15) is 0 Å². The number of hydrogen-bond donors (Lipinski definition) is 2. The highest BCUT2D eigenvalue weighted by Crippen LogP contribution is 2.68. The Hall–Kier alpha value is -0.870. The van der Waals surface area contributed by atoms with Crippen molar-refractivity contribution < 1.29 is 9.90 Å². The SMILES string of the molecule is CC1(C)[C@H]2CC[C@](C)(C2)[C@]1(O)CCNC(=O)c1ccsc1. The molecule has 2 aliphatic carbocycles. The lowest BCUT2D eigenvalue weighted by molar-refractivity contribution is -0.146. The van der Waals surface area contributed by atoms with Crippen molar-refractivity contribution in [3.05, 3.63) is 22.4 Å². The first-order chi connectivity index (χ1) is 9.80. The maximum Gasteiger partial charge on any atom is 0.252 e. The van der Waals surface area contributed by atoms with Gasteiger partial charge in [-0.15, -0.1) is 0 Å². The molecule has 0 spiro atoms. The topological polar surface area (TPSA) is 49.3 Å². The number of carbonyl (C=O) groups is 1. The molecule has 1 amide bonds. The van der Waals surface area contributed by atoms with E-state index in [1.165, 1.54) is 17.8 Å². The van der Waals surface area contributed by atoms with Gasteiger partial charge in [-0.2, -0.15) is 11.3 Å². The minimum Gasteiger partial charge on any atom is -0.389 e. The molecule has 4 heteroatoms. The molecule has 2 N–H and O–H groups in total. The summed E-state index contributed by atoms with van der Waals surface area (Å²) in [5.41, 5.74) is -0.0166. The van der Waals surface area contributed by atoms with Gasteiger partial charge in [0.25, 0.3) is 5.91 Å². The number of aliphatic hydroxyl groups is 1. The molecule has 3 rings (SSSR count). The molecule has 3 atom stereocenters. The van der Waals surface area contributed by atoms with Crippen LogP contribution in [-0.4, -0.2) is 23.2 Å². The van der Waals surface area contributed by atoms with Gasteiger partial charge in [-0.1, -0.05) is 20.8 Å². The summed E-state index contributed by atoms with van der Waals surface area (Å²) in [5, 5.41) is 18.1. The summed E-state index contributed by atoms with van der Waals surface area (Å²) >= 11 is 1.52. The second kappa shape index (κ2) is 4.82. The second-order valence-corrected chi connectivity index (χ2v) is 8.38. The highest BCUT2D eigenvalue weighted by Gasteiger charge is 2.67. The van der Waals surface area contributed by atoms with Gasteiger partial charge >= 0.3 is 0 Å². The zero-order valence-corrected chi connectivity index (χ0v) is 13.9. The first-order valence-corrected chi connectivity index (χ1v) is 8.77. The van der Waals surface area contributed by atoms with Gasteiger partial charge in [-0.05, 0) is 53.9 Å². The predicted molar refractivity (Wildman–Crippen MR) is 85.4 cm³/mol. The molecular weight excluding hydrogens is 282 g/mol. The largest absolute Gasteiger partial charge is 0.389 e. The zero-order valence-electron chi connectivity index (χ0n) is 13.1. The molecule has 0 unspecified atom stereocenters. The molecule has 21 heavy (non-hydrogen) atoms. The van der Waals surface area contributed by atoms with Crippen molar-refractivity contribution in [2.24, 2.45) is 16.7 Å². The lowest BCUT2D eigenvalue weighted by Crippen LogP contribution is -2.55. The molecule has 0 aromatic carbocycles. The molecule has 1 heterocycles. The van der Waals surface area contributed by atoms with Crippen molar-refractivity contribution in [2.45, 2.75) is 52.1 Å². The lowest BCUT2D eigenvalue weighted by Gasteiger charge is -2.51. The number of nitrogens with one attached hydrogen (secondary N) is 1. The van der Waals surface area contributed by atoms with E-state index in [1.807, 2.05) is 16.8 Å². The van der Waals surface area contributed by atoms with Crippen molar-refractivity contribution >= 4 is 17.2 Å². The molecule has 2 bridgehead atoms. The summed E-state index contributed by atoms with van der Waals surface area (Å²) in [6.45, 7) is 7.16. The zero-order chi connectivity index (χ0) is 15.3. The van der Waals surface area contributed by atoms with Crippen molar-refractivity contribution in [1.82, 2.24) is 5.32 Å². The number of hydrogen-bond acceptors (Lipinski definition) is 3. The molecule has 2 saturated carbocycles. The minimum atomic E-state index is -0.676. The first-order valence-electron chi connectivity index (χ1n) is 7.83. The van der Waals surface area contributed by atoms with E-state index >= 15 is 0 Å². The van der Waals surface area contributed by atoms with Crippen LogP contribution in [0.2, 0.25) is 0 Å². The number of thiophene rings is 1. The van der Waals surface area contributed by atoms with Crippen LogP contribution < -0.4 is 5.32 Å². The van der Waals surface area contributed by atoms with Gasteiger partial charge < -0.3 is 10.4 Å². The van der Waals surface area contributed by atoms with E-state index in [4.69, 9.17) is 0 Å². The van der Waals surface area contributed by atoms with E-state index in [0.717, 1.165) is 12.8 Å². The Kier molecular flexibility index (Phi) is 3.45. The van der Waals surface area contributed by atoms with Crippen molar-refractivity contribution in [2.75, 3.05) is 6.54 Å². The molecule has 0 radical (unpaired) electrons. The van der Waals surface area contributed by atoms with Crippen molar-refractivity contribution in [3.8, 4) is 0 Å².